The molecule has 0 aliphatic heterocycles. The SMILES string of the molecule is COCCC(C)Nc1ccc(C(=O)O)c(N)c1. The lowest BCUT2D eigenvalue weighted by Crippen LogP contribution is -2.17. The van der Waals surface area contributed by atoms with Crippen molar-refractivity contribution in [2.24, 2.45) is 0 Å². The fraction of sp³-hybridized carbons (Fsp3) is 0.417. The molecule has 1 aromatic rings. The quantitative estimate of drug-likeness (QED) is 0.658. The van der Waals surface area contributed by atoms with Crippen molar-refractivity contribution in [2.45, 2.75) is 19.4 Å². The van der Waals surface area contributed by atoms with E-state index >= 15 is 0 Å². The molecule has 1 atom stereocenters. The highest BCUT2D eigenvalue weighted by molar-refractivity contribution is 5.94. The van der Waals surface area contributed by atoms with Gasteiger partial charge in [0.05, 0.1) is 5.56 Å². The Balaban J connectivity index is 2.67. The molecule has 0 aromatic heterocycles. The Kier molecular flexibility index (Phi) is 4.78. The Morgan fingerprint density at radius 1 is 1.59 bits per heavy atom. The van der Waals surface area contributed by atoms with Crippen LogP contribution in [0.25, 0.3) is 0 Å². The third kappa shape index (κ3) is 3.96. The Morgan fingerprint density at radius 3 is 2.82 bits per heavy atom. The van der Waals surface area contributed by atoms with Gasteiger partial charge in [0.1, 0.15) is 0 Å². The van der Waals surface area contributed by atoms with E-state index in [1.54, 1.807) is 19.2 Å². The first-order valence-corrected chi connectivity index (χ1v) is 5.43. The second-order valence-corrected chi connectivity index (χ2v) is 3.93. The molecule has 0 aliphatic rings. The Hall–Kier alpha value is -1.75. The Bertz CT molecular complexity index is 393. The minimum atomic E-state index is -1.01. The number of ether oxygens (including phenoxy) is 1. The summed E-state index contributed by atoms with van der Waals surface area (Å²) >= 11 is 0. The fourth-order valence-electron chi connectivity index (χ4n) is 1.50. The predicted octanol–water partition coefficient (Wildman–Crippen LogP) is 1.80. The van der Waals surface area contributed by atoms with Crippen LogP contribution in [0.4, 0.5) is 11.4 Å². The van der Waals surface area contributed by atoms with E-state index in [0.717, 1.165) is 12.1 Å². The van der Waals surface area contributed by atoms with Crippen LogP contribution >= 0.6 is 0 Å². The molecule has 4 N–H and O–H groups in total. The van der Waals surface area contributed by atoms with E-state index in [2.05, 4.69) is 5.32 Å². The van der Waals surface area contributed by atoms with Gasteiger partial charge >= 0.3 is 5.97 Å². The first-order valence-electron chi connectivity index (χ1n) is 5.43. The largest absolute Gasteiger partial charge is 0.478 e. The van der Waals surface area contributed by atoms with E-state index in [1.165, 1.54) is 6.07 Å². The van der Waals surface area contributed by atoms with Crippen molar-refractivity contribution in [2.75, 3.05) is 24.8 Å². The van der Waals surface area contributed by atoms with Gasteiger partial charge in [0.15, 0.2) is 0 Å². The van der Waals surface area contributed by atoms with Gasteiger partial charge in [0, 0.05) is 31.1 Å². The highest BCUT2D eigenvalue weighted by Gasteiger charge is 2.09. The van der Waals surface area contributed by atoms with E-state index < -0.39 is 5.97 Å². The minimum absolute atomic E-state index is 0.125. The number of rotatable bonds is 6. The highest BCUT2D eigenvalue weighted by Crippen LogP contribution is 2.19. The van der Waals surface area contributed by atoms with Gasteiger partial charge in [-0.05, 0) is 31.5 Å². The molecule has 1 rings (SSSR count). The normalized spacial score (nSPS) is 12.1. The number of nitrogen functional groups attached to an aromatic ring is 1. The summed E-state index contributed by atoms with van der Waals surface area (Å²) in [6.45, 7) is 2.71. The summed E-state index contributed by atoms with van der Waals surface area (Å²) in [6, 6.07) is 5.09. The van der Waals surface area contributed by atoms with Crippen LogP contribution in [-0.2, 0) is 4.74 Å². The van der Waals surface area contributed by atoms with Crippen molar-refractivity contribution >= 4 is 17.3 Å². The van der Waals surface area contributed by atoms with Gasteiger partial charge < -0.3 is 20.9 Å². The second-order valence-electron chi connectivity index (χ2n) is 3.93. The van der Waals surface area contributed by atoms with Crippen molar-refractivity contribution < 1.29 is 14.6 Å². The van der Waals surface area contributed by atoms with Gasteiger partial charge in [-0.3, -0.25) is 0 Å². The molecule has 0 radical (unpaired) electrons. The molecule has 0 heterocycles. The molecular formula is C12H18N2O3. The summed E-state index contributed by atoms with van der Waals surface area (Å²) < 4.78 is 4.98. The van der Waals surface area contributed by atoms with E-state index in [9.17, 15) is 4.79 Å². The lowest BCUT2D eigenvalue weighted by Gasteiger charge is -2.15. The molecule has 0 spiro atoms. The molecule has 0 saturated heterocycles. The highest BCUT2D eigenvalue weighted by atomic mass is 16.5. The standard InChI is InChI=1S/C12H18N2O3/c1-8(5-6-17-2)14-9-3-4-10(12(15)16)11(13)7-9/h3-4,7-8,14H,5-6,13H2,1-2H3,(H,15,16). The molecule has 17 heavy (non-hydrogen) atoms. The number of anilines is 2. The fourth-order valence-corrected chi connectivity index (χ4v) is 1.50. The molecule has 1 unspecified atom stereocenters. The first-order chi connectivity index (χ1) is 8.04. The van der Waals surface area contributed by atoms with Gasteiger partial charge in [-0.25, -0.2) is 4.79 Å². The molecule has 94 valence electrons. The van der Waals surface area contributed by atoms with E-state index in [-0.39, 0.29) is 17.3 Å². The number of nitrogens with two attached hydrogens (primary N) is 1. The van der Waals surface area contributed by atoms with Crippen LogP contribution in [0.15, 0.2) is 18.2 Å². The van der Waals surface area contributed by atoms with Crippen LogP contribution in [-0.4, -0.2) is 30.8 Å². The van der Waals surface area contributed by atoms with Crippen LogP contribution in [0.2, 0.25) is 0 Å². The van der Waals surface area contributed by atoms with Crippen molar-refractivity contribution in [3.63, 3.8) is 0 Å². The maximum absolute atomic E-state index is 10.8. The summed E-state index contributed by atoms with van der Waals surface area (Å²) in [4.78, 5) is 10.8. The molecule has 1 aromatic carbocycles. The molecule has 0 bridgehead atoms. The first kappa shape index (κ1) is 13.3. The maximum Gasteiger partial charge on any atom is 0.337 e. The average Bonchev–Trinajstić information content (AvgIpc) is 2.26. The lowest BCUT2D eigenvalue weighted by molar-refractivity contribution is 0.0698. The van der Waals surface area contributed by atoms with Gasteiger partial charge in [-0.2, -0.15) is 0 Å². The van der Waals surface area contributed by atoms with Gasteiger partial charge in [0.25, 0.3) is 0 Å². The molecule has 0 amide bonds. The van der Waals surface area contributed by atoms with Crippen molar-refractivity contribution in [1.82, 2.24) is 0 Å². The predicted molar refractivity (Wildman–Crippen MR) is 67.4 cm³/mol. The van der Waals surface area contributed by atoms with Crippen LogP contribution in [0.5, 0.6) is 0 Å². The second kappa shape index (κ2) is 6.10. The van der Waals surface area contributed by atoms with Crippen LogP contribution in [0, 0.1) is 0 Å². The minimum Gasteiger partial charge on any atom is -0.478 e. The molecular weight excluding hydrogens is 220 g/mol. The van der Waals surface area contributed by atoms with Crippen molar-refractivity contribution in [1.29, 1.82) is 0 Å². The lowest BCUT2D eigenvalue weighted by atomic mass is 10.1. The average molecular weight is 238 g/mol. The van der Waals surface area contributed by atoms with E-state index in [4.69, 9.17) is 15.6 Å². The smallest absolute Gasteiger partial charge is 0.337 e. The van der Waals surface area contributed by atoms with E-state index in [1.807, 2.05) is 6.92 Å². The summed E-state index contributed by atoms with van der Waals surface area (Å²) in [6.07, 6.45) is 0.872. The zero-order valence-corrected chi connectivity index (χ0v) is 10.1. The zero-order chi connectivity index (χ0) is 12.8. The zero-order valence-electron chi connectivity index (χ0n) is 10.1. The van der Waals surface area contributed by atoms with Gasteiger partial charge in [-0.1, -0.05) is 0 Å². The summed E-state index contributed by atoms with van der Waals surface area (Å²) in [7, 11) is 1.66. The third-order valence-electron chi connectivity index (χ3n) is 2.45. The van der Waals surface area contributed by atoms with Crippen LogP contribution in [0.1, 0.15) is 23.7 Å². The monoisotopic (exact) mass is 238 g/mol. The van der Waals surface area contributed by atoms with Crippen molar-refractivity contribution in [3.8, 4) is 0 Å². The van der Waals surface area contributed by atoms with Crippen molar-refractivity contribution in [3.05, 3.63) is 23.8 Å². The number of hydrogen-bond donors (Lipinski definition) is 3. The number of carboxylic acid groups (broad SMARTS) is 1. The Morgan fingerprint density at radius 2 is 2.29 bits per heavy atom. The number of carbonyl (C=O) groups is 1. The summed E-state index contributed by atoms with van der Waals surface area (Å²) in [5, 5.41) is 12.1. The van der Waals surface area contributed by atoms with E-state index in [0.29, 0.717) is 6.61 Å². The van der Waals surface area contributed by atoms with Crippen LogP contribution in [0.3, 0.4) is 0 Å². The van der Waals surface area contributed by atoms with Crippen LogP contribution < -0.4 is 11.1 Å². The number of hydrogen-bond acceptors (Lipinski definition) is 4. The molecule has 5 nitrogen and oxygen atoms in total. The molecule has 0 saturated carbocycles. The number of benzene rings is 1. The van der Waals surface area contributed by atoms with Gasteiger partial charge in [0.2, 0.25) is 0 Å². The molecule has 5 heteroatoms. The summed E-state index contributed by atoms with van der Waals surface area (Å²) in [5.74, 6) is -1.01. The maximum atomic E-state index is 10.8. The summed E-state index contributed by atoms with van der Waals surface area (Å²) in [5.41, 5.74) is 6.86. The number of nitrogens with one attached hydrogen (secondary N) is 1. The number of carboxylic acids is 1. The van der Waals surface area contributed by atoms with Gasteiger partial charge in [-0.15, -0.1) is 0 Å². The third-order valence-corrected chi connectivity index (χ3v) is 2.45. The number of methoxy groups -OCH3 is 1. The number of aromatic carboxylic acids is 1. The topological polar surface area (TPSA) is 84.6 Å². The molecule has 0 fully saturated rings. The Labute approximate surface area is 101 Å². The molecule has 0 aliphatic carbocycles.